The Kier molecular flexibility index (Phi) is 8.03. The van der Waals surface area contributed by atoms with Crippen LogP contribution in [0.5, 0.6) is 0 Å². The van der Waals surface area contributed by atoms with Crippen LogP contribution in [-0.4, -0.2) is 37.2 Å². The molecule has 0 aliphatic rings. The van der Waals surface area contributed by atoms with E-state index in [0.29, 0.717) is 18.8 Å². The fourth-order valence-corrected chi connectivity index (χ4v) is 1.93. The zero-order valence-electron chi connectivity index (χ0n) is 14.3. The molecular weight excluding hydrogens is 313 g/mol. The average Bonchev–Trinajstić information content (AvgIpc) is 2.40. The van der Waals surface area contributed by atoms with E-state index in [1.54, 1.807) is 0 Å². The molecule has 0 rings (SSSR count). The van der Waals surface area contributed by atoms with Crippen LogP contribution in [0.15, 0.2) is 0 Å². The van der Waals surface area contributed by atoms with Crippen molar-refractivity contribution in [2.75, 3.05) is 7.11 Å². The first-order valence-electron chi connectivity index (χ1n) is 7.52. The molecule has 0 heterocycles. The van der Waals surface area contributed by atoms with E-state index in [2.05, 4.69) is 10.1 Å². The number of carbonyl (C=O) groups excluding carboxylic acids is 2. The summed E-state index contributed by atoms with van der Waals surface area (Å²) in [6, 6.07) is -2.27. The fraction of sp³-hybridized carbons (Fsp3) is 0.867. The van der Waals surface area contributed by atoms with Crippen molar-refractivity contribution >= 4 is 11.9 Å². The second kappa shape index (κ2) is 8.52. The number of amides is 1. The van der Waals surface area contributed by atoms with E-state index in [-0.39, 0.29) is 0 Å². The maximum Gasteiger partial charge on any atom is 0.394 e. The number of rotatable bonds is 8. The molecule has 0 aromatic heterocycles. The number of methoxy groups -OCH3 is 1. The van der Waals surface area contributed by atoms with Crippen molar-refractivity contribution < 1.29 is 27.5 Å². The van der Waals surface area contributed by atoms with E-state index >= 15 is 0 Å². The molecular formula is C15H27F3N2O3. The van der Waals surface area contributed by atoms with Crippen LogP contribution in [0, 0.1) is 11.3 Å². The Labute approximate surface area is 135 Å². The fourth-order valence-electron chi connectivity index (χ4n) is 1.93. The number of halogens is 3. The highest BCUT2D eigenvalue weighted by Gasteiger charge is 2.48. The molecule has 2 atom stereocenters. The first kappa shape index (κ1) is 21.7. The standard InChI is InChI=1S/C15H27F3N2O3/c1-9(2)6-7-11(13(22)23-5)20-12(21)10(19)8-14(3,4)15(16,17)18/h9-11H,6-8,19H2,1-5H3,(H,20,21)/t10-,11+/m1/s1. The molecule has 0 saturated heterocycles. The largest absolute Gasteiger partial charge is 0.467 e. The van der Waals surface area contributed by atoms with Crippen LogP contribution < -0.4 is 11.1 Å². The van der Waals surface area contributed by atoms with Gasteiger partial charge in [-0.2, -0.15) is 13.2 Å². The van der Waals surface area contributed by atoms with Crippen molar-refractivity contribution in [1.82, 2.24) is 5.32 Å². The molecule has 0 aromatic rings. The SMILES string of the molecule is COC(=O)[C@H](CCC(C)C)NC(=O)[C@H](N)CC(C)(C)C(F)(F)F. The van der Waals surface area contributed by atoms with Gasteiger partial charge in [0, 0.05) is 0 Å². The summed E-state index contributed by atoms with van der Waals surface area (Å²) >= 11 is 0. The molecule has 0 saturated carbocycles. The molecule has 0 aromatic carbocycles. The Hall–Kier alpha value is -1.31. The van der Waals surface area contributed by atoms with Crippen LogP contribution in [-0.2, 0) is 14.3 Å². The summed E-state index contributed by atoms with van der Waals surface area (Å²) in [6.45, 7) is 5.87. The minimum atomic E-state index is -4.47. The van der Waals surface area contributed by atoms with Crippen molar-refractivity contribution in [3.8, 4) is 0 Å². The average molecular weight is 340 g/mol. The van der Waals surface area contributed by atoms with Crippen LogP contribution in [0.4, 0.5) is 13.2 Å². The Morgan fingerprint density at radius 1 is 1.17 bits per heavy atom. The summed E-state index contributed by atoms with van der Waals surface area (Å²) in [4.78, 5) is 23.7. The van der Waals surface area contributed by atoms with Gasteiger partial charge in [0.25, 0.3) is 0 Å². The number of hydrogen-bond donors (Lipinski definition) is 2. The molecule has 5 nitrogen and oxygen atoms in total. The van der Waals surface area contributed by atoms with Crippen molar-refractivity contribution in [3.63, 3.8) is 0 Å². The van der Waals surface area contributed by atoms with Gasteiger partial charge in [0.05, 0.1) is 18.6 Å². The van der Waals surface area contributed by atoms with E-state index in [4.69, 9.17) is 5.73 Å². The third-order valence-electron chi connectivity index (χ3n) is 3.67. The summed E-state index contributed by atoms with van der Waals surface area (Å²) in [5, 5.41) is 2.39. The molecule has 0 fully saturated rings. The van der Waals surface area contributed by atoms with Crippen molar-refractivity contribution in [1.29, 1.82) is 0 Å². The second-order valence-electron chi connectivity index (χ2n) is 6.75. The van der Waals surface area contributed by atoms with Gasteiger partial charge in [-0.25, -0.2) is 4.79 Å². The summed E-state index contributed by atoms with van der Waals surface area (Å²) in [6.07, 6.45) is -4.04. The van der Waals surface area contributed by atoms with Gasteiger partial charge in [-0.05, 0) is 25.2 Å². The second-order valence-corrected chi connectivity index (χ2v) is 6.75. The maximum absolute atomic E-state index is 12.9. The number of carbonyl (C=O) groups is 2. The predicted molar refractivity (Wildman–Crippen MR) is 80.4 cm³/mol. The molecule has 0 aliphatic carbocycles. The van der Waals surface area contributed by atoms with Crippen LogP contribution in [0.3, 0.4) is 0 Å². The number of ether oxygens (including phenoxy) is 1. The molecule has 23 heavy (non-hydrogen) atoms. The van der Waals surface area contributed by atoms with Gasteiger partial charge in [-0.3, -0.25) is 4.79 Å². The van der Waals surface area contributed by atoms with E-state index in [1.807, 2.05) is 13.8 Å². The topological polar surface area (TPSA) is 81.4 Å². The lowest BCUT2D eigenvalue weighted by Crippen LogP contribution is -2.51. The Morgan fingerprint density at radius 3 is 2.09 bits per heavy atom. The molecule has 8 heteroatoms. The van der Waals surface area contributed by atoms with Gasteiger partial charge < -0.3 is 15.8 Å². The zero-order valence-corrected chi connectivity index (χ0v) is 14.3. The van der Waals surface area contributed by atoms with Crippen LogP contribution >= 0.6 is 0 Å². The highest BCUT2D eigenvalue weighted by atomic mass is 19.4. The van der Waals surface area contributed by atoms with Gasteiger partial charge in [0.2, 0.25) is 5.91 Å². The molecule has 1 amide bonds. The smallest absolute Gasteiger partial charge is 0.394 e. The van der Waals surface area contributed by atoms with Gasteiger partial charge in [0.1, 0.15) is 6.04 Å². The zero-order chi connectivity index (χ0) is 18.4. The first-order chi connectivity index (χ1) is 10.3. The molecule has 0 radical (unpaired) electrons. The van der Waals surface area contributed by atoms with E-state index in [9.17, 15) is 22.8 Å². The first-order valence-corrected chi connectivity index (χ1v) is 7.52. The van der Waals surface area contributed by atoms with Gasteiger partial charge in [-0.15, -0.1) is 0 Å². The van der Waals surface area contributed by atoms with Crippen LogP contribution in [0.25, 0.3) is 0 Å². The van der Waals surface area contributed by atoms with Crippen LogP contribution in [0.2, 0.25) is 0 Å². The number of nitrogens with one attached hydrogen (secondary N) is 1. The Bertz CT molecular complexity index is 409. The van der Waals surface area contributed by atoms with Gasteiger partial charge >= 0.3 is 12.1 Å². The lowest BCUT2D eigenvalue weighted by molar-refractivity contribution is -0.214. The molecule has 136 valence electrons. The van der Waals surface area contributed by atoms with Gasteiger partial charge in [0.15, 0.2) is 0 Å². The third-order valence-corrected chi connectivity index (χ3v) is 3.67. The molecule has 0 aliphatic heterocycles. The highest BCUT2D eigenvalue weighted by molar-refractivity contribution is 5.87. The monoisotopic (exact) mass is 340 g/mol. The van der Waals surface area contributed by atoms with Crippen LogP contribution in [0.1, 0.15) is 47.0 Å². The maximum atomic E-state index is 12.9. The van der Waals surface area contributed by atoms with Crippen molar-refractivity contribution in [2.24, 2.45) is 17.1 Å². The lowest BCUT2D eigenvalue weighted by atomic mass is 9.85. The predicted octanol–water partition coefficient (Wildman–Crippen LogP) is 2.39. The number of hydrogen-bond acceptors (Lipinski definition) is 4. The van der Waals surface area contributed by atoms with E-state index < -0.39 is 42.0 Å². The lowest BCUT2D eigenvalue weighted by Gasteiger charge is -2.30. The normalized spacial score (nSPS) is 15.2. The van der Waals surface area contributed by atoms with E-state index in [1.165, 1.54) is 7.11 Å². The van der Waals surface area contributed by atoms with E-state index in [0.717, 1.165) is 13.8 Å². The number of alkyl halides is 3. The number of esters is 1. The quantitative estimate of drug-likeness (QED) is 0.665. The van der Waals surface area contributed by atoms with Crippen molar-refractivity contribution in [2.45, 2.75) is 65.2 Å². The molecule has 3 N–H and O–H groups in total. The minimum absolute atomic E-state index is 0.303. The molecule has 0 bridgehead atoms. The Morgan fingerprint density at radius 2 is 1.70 bits per heavy atom. The van der Waals surface area contributed by atoms with Crippen molar-refractivity contribution in [3.05, 3.63) is 0 Å². The molecule has 0 spiro atoms. The molecule has 0 unspecified atom stereocenters. The Balaban J connectivity index is 4.81. The summed E-state index contributed by atoms with van der Waals surface area (Å²) in [5.41, 5.74) is 3.49. The number of nitrogens with two attached hydrogens (primary N) is 1. The highest BCUT2D eigenvalue weighted by Crippen LogP contribution is 2.40. The third kappa shape index (κ3) is 7.20. The minimum Gasteiger partial charge on any atom is -0.467 e. The summed E-state index contributed by atoms with van der Waals surface area (Å²) in [5.74, 6) is -1.13. The summed E-state index contributed by atoms with van der Waals surface area (Å²) < 4.78 is 43.2. The van der Waals surface area contributed by atoms with Gasteiger partial charge in [-0.1, -0.05) is 27.7 Å². The summed E-state index contributed by atoms with van der Waals surface area (Å²) in [7, 11) is 1.18.